The molecular weight excluding hydrogens is 274 g/mol. The summed E-state index contributed by atoms with van der Waals surface area (Å²) in [5.74, 6) is 1.07. The third-order valence-electron chi connectivity index (χ3n) is 2.93. The second-order valence-electron chi connectivity index (χ2n) is 4.37. The van der Waals surface area contributed by atoms with Crippen LogP contribution in [0.1, 0.15) is 29.6 Å². The Balaban J connectivity index is 2.48. The molecule has 0 bridgehead atoms. The number of rotatable bonds is 8. The van der Waals surface area contributed by atoms with Crippen molar-refractivity contribution < 1.29 is 19.5 Å². The number of nitrogens with zero attached hydrogens (tertiary/aromatic N) is 1. The van der Waals surface area contributed by atoms with Crippen LogP contribution >= 0.6 is 0 Å². The number of amidine groups is 1. The van der Waals surface area contributed by atoms with Crippen LogP contribution in [0.5, 0.6) is 11.5 Å². The Hall–Kier alpha value is -2.44. The number of oxime groups is 1. The lowest BCUT2D eigenvalue weighted by atomic mass is 10.1. The SMILES string of the molecule is COc1ccc(C(=O)NCCCCC(N)=NO)c(OC)c1. The maximum absolute atomic E-state index is 12.1. The van der Waals surface area contributed by atoms with E-state index in [4.69, 9.17) is 20.4 Å². The highest BCUT2D eigenvalue weighted by atomic mass is 16.5. The molecule has 116 valence electrons. The smallest absolute Gasteiger partial charge is 0.255 e. The predicted molar refractivity (Wildman–Crippen MR) is 79.1 cm³/mol. The van der Waals surface area contributed by atoms with Crippen molar-refractivity contribution in [3.05, 3.63) is 23.8 Å². The molecule has 21 heavy (non-hydrogen) atoms. The summed E-state index contributed by atoms with van der Waals surface area (Å²) in [7, 11) is 3.05. The lowest BCUT2D eigenvalue weighted by molar-refractivity contribution is 0.0950. The van der Waals surface area contributed by atoms with E-state index in [1.54, 1.807) is 25.3 Å². The average Bonchev–Trinajstić information content (AvgIpc) is 2.53. The van der Waals surface area contributed by atoms with E-state index in [0.29, 0.717) is 30.0 Å². The molecule has 1 aromatic carbocycles. The highest BCUT2D eigenvalue weighted by Gasteiger charge is 2.12. The van der Waals surface area contributed by atoms with Gasteiger partial charge in [-0.2, -0.15) is 0 Å². The van der Waals surface area contributed by atoms with Crippen LogP contribution in [0.25, 0.3) is 0 Å². The molecule has 7 nitrogen and oxygen atoms in total. The van der Waals surface area contributed by atoms with Gasteiger partial charge >= 0.3 is 0 Å². The van der Waals surface area contributed by atoms with Gasteiger partial charge in [-0.1, -0.05) is 5.16 Å². The van der Waals surface area contributed by atoms with Gasteiger partial charge in [-0.3, -0.25) is 4.79 Å². The van der Waals surface area contributed by atoms with Crippen LogP contribution in [0.15, 0.2) is 23.4 Å². The fourth-order valence-corrected chi connectivity index (χ4v) is 1.76. The minimum absolute atomic E-state index is 0.193. The monoisotopic (exact) mass is 295 g/mol. The fraction of sp³-hybridized carbons (Fsp3) is 0.429. The van der Waals surface area contributed by atoms with E-state index in [9.17, 15) is 4.79 Å². The first-order valence-electron chi connectivity index (χ1n) is 6.59. The molecule has 0 fully saturated rings. The van der Waals surface area contributed by atoms with Crippen molar-refractivity contribution in [1.29, 1.82) is 0 Å². The molecule has 0 aromatic heterocycles. The molecule has 0 atom stereocenters. The Labute approximate surface area is 123 Å². The number of carbonyl (C=O) groups is 1. The normalized spacial score (nSPS) is 11.0. The Bertz CT molecular complexity index is 503. The Morgan fingerprint density at radius 2 is 2.10 bits per heavy atom. The van der Waals surface area contributed by atoms with Gasteiger partial charge in [0.2, 0.25) is 0 Å². The molecule has 0 aliphatic rings. The van der Waals surface area contributed by atoms with Crippen molar-refractivity contribution in [2.75, 3.05) is 20.8 Å². The van der Waals surface area contributed by atoms with Crippen molar-refractivity contribution in [2.45, 2.75) is 19.3 Å². The molecule has 1 rings (SSSR count). The van der Waals surface area contributed by atoms with Gasteiger partial charge in [0.1, 0.15) is 17.3 Å². The standard InChI is InChI=1S/C14H21N3O4/c1-20-10-6-7-11(12(9-10)21-2)14(18)16-8-4-3-5-13(15)17-19/h6-7,9,19H,3-5,8H2,1-2H3,(H2,15,17)(H,16,18). The maximum atomic E-state index is 12.1. The van der Waals surface area contributed by atoms with Crippen LogP contribution in [-0.2, 0) is 0 Å². The minimum Gasteiger partial charge on any atom is -0.497 e. The molecule has 0 heterocycles. The number of unbranched alkanes of at least 4 members (excludes halogenated alkanes) is 1. The predicted octanol–water partition coefficient (Wildman–Crippen LogP) is 1.35. The van der Waals surface area contributed by atoms with Crippen molar-refractivity contribution in [2.24, 2.45) is 10.9 Å². The van der Waals surface area contributed by atoms with Crippen LogP contribution in [0.2, 0.25) is 0 Å². The third-order valence-corrected chi connectivity index (χ3v) is 2.93. The molecule has 4 N–H and O–H groups in total. The number of nitrogens with two attached hydrogens (primary N) is 1. The van der Waals surface area contributed by atoms with E-state index < -0.39 is 0 Å². The summed E-state index contributed by atoms with van der Waals surface area (Å²) < 4.78 is 10.3. The molecule has 7 heteroatoms. The molecule has 0 aliphatic carbocycles. The van der Waals surface area contributed by atoms with Crippen LogP contribution in [-0.4, -0.2) is 37.7 Å². The molecule has 0 aliphatic heterocycles. The summed E-state index contributed by atoms with van der Waals surface area (Å²) in [5, 5.41) is 14.1. The molecule has 1 aromatic rings. The first kappa shape index (κ1) is 16.6. The Morgan fingerprint density at radius 1 is 1.33 bits per heavy atom. The van der Waals surface area contributed by atoms with Crippen LogP contribution in [0, 0.1) is 0 Å². The van der Waals surface area contributed by atoms with E-state index in [0.717, 1.165) is 12.8 Å². The quantitative estimate of drug-likeness (QED) is 0.221. The molecule has 0 spiro atoms. The van der Waals surface area contributed by atoms with Crippen molar-refractivity contribution in [3.8, 4) is 11.5 Å². The zero-order valence-corrected chi connectivity index (χ0v) is 12.3. The highest BCUT2D eigenvalue weighted by molar-refractivity contribution is 5.97. The van der Waals surface area contributed by atoms with E-state index in [-0.39, 0.29) is 11.7 Å². The Morgan fingerprint density at radius 3 is 2.71 bits per heavy atom. The highest BCUT2D eigenvalue weighted by Crippen LogP contribution is 2.24. The lowest BCUT2D eigenvalue weighted by Gasteiger charge is -2.10. The van der Waals surface area contributed by atoms with Gasteiger partial charge in [0.05, 0.1) is 19.8 Å². The molecule has 1 amide bonds. The van der Waals surface area contributed by atoms with Gasteiger partial charge < -0.3 is 25.7 Å². The Kier molecular flexibility index (Phi) is 6.86. The van der Waals surface area contributed by atoms with Gasteiger partial charge in [0, 0.05) is 19.0 Å². The lowest BCUT2D eigenvalue weighted by Crippen LogP contribution is -2.25. The number of benzene rings is 1. The minimum atomic E-state index is -0.210. The first-order valence-corrected chi connectivity index (χ1v) is 6.59. The van der Waals surface area contributed by atoms with Crippen LogP contribution < -0.4 is 20.5 Å². The summed E-state index contributed by atoms with van der Waals surface area (Å²) in [6, 6.07) is 5.02. The van der Waals surface area contributed by atoms with E-state index in [1.807, 2.05) is 0 Å². The number of hydrogen-bond acceptors (Lipinski definition) is 5. The summed E-state index contributed by atoms with van der Waals surface area (Å²) in [4.78, 5) is 12.1. The van der Waals surface area contributed by atoms with Gasteiger partial charge in [-0.05, 0) is 25.0 Å². The van der Waals surface area contributed by atoms with Gasteiger partial charge in [-0.25, -0.2) is 0 Å². The fourth-order valence-electron chi connectivity index (χ4n) is 1.76. The summed E-state index contributed by atoms with van der Waals surface area (Å²) >= 11 is 0. The first-order chi connectivity index (χ1) is 10.1. The summed E-state index contributed by atoms with van der Waals surface area (Å²) in [6.07, 6.45) is 1.97. The number of nitrogens with one attached hydrogen (secondary N) is 1. The van der Waals surface area contributed by atoms with Gasteiger partial charge in [0.25, 0.3) is 5.91 Å². The van der Waals surface area contributed by atoms with E-state index in [1.165, 1.54) is 7.11 Å². The van der Waals surface area contributed by atoms with Crippen molar-refractivity contribution >= 4 is 11.7 Å². The van der Waals surface area contributed by atoms with Crippen molar-refractivity contribution in [1.82, 2.24) is 5.32 Å². The summed E-state index contributed by atoms with van der Waals surface area (Å²) in [5.41, 5.74) is 5.81. The zero-order valence-electron chi connectivity index (χ0n) is 12.3. The zero-order chi connectivity index (χ0) is 15.7. The molecule has 0 radical (unpaired) electrons. The number of amides is 1. The topological polar surface area (TPSA) is 106 Å². The second kappa shape index (κ2) is 8.68. The summed E-state index contributed by atoms with van der Waals surface area (Å²) in [6.45, 7) is 0.507. The third kappa shape index (κ3) is 5.21. The number of methoxy groups -OCH3 is 2. The van der Waals surface area contributed by atoms with E-state index in [2.05, 4.69) is 10.5 Å². The van der Waals surface area contributed by atoms with Gasteiger partial charge in [-0.15, -0.1) is 0 Å². The van der Waals surface area contributed by atoms with E-state index >= 15 is 0 Å². The van der Waals surface area contributed by atoms with Gasteiger partial charge in [0.15, 0.2) is 0 Å². The second-order valence-corrected chi connectivity index (χ2v) is 4.37. The molecule has 0 unspecified atom stereocenters. The van der Waals surface area contributed by atoms with Crippen LogP contribution in [0.4, 0.5) is 0 Å². The van der Waals surface area contributed by atoms with Crippen LogP contribution in [0.3, 0.4) is 0 Å². The average molecular weight is 295 g/mol. The number of carbonyl (C=O) groups excluding carboxylic acids is 1. The van der Waals surface area contributed by atoms with Crippen molar-refractivity contribution in [3.63, 3.8) is 0 Å². The maximum Gasteiger partial charge on any atom is 0.255 e. The molecule has 0 saturated heterocycles. The largest absolute Gasteiger partial charge is 0.497 e. The molecular formula is C14H21N3O4. The number of ether oxygens (including phenoxy) is 2. The molecule has 0 saturated carbocycles. The number of hydrogen-bond donors (Lipinski definition) is 3.